The summed E-state index contributed by atoms with van der Waals surface area (Å²) in [7, 11) is 0. The van der Waals surface area contributed by atoms with Crippen LogP contribution < -0.4 is 4.74 Å². The van der Waals surface area contributed by atoms with Crippen molar-refractivity contribution in [2.75, 3.05) is 6.61 Å². The van der Waals surface area contributed by atoms with Crippen molar-refractivity contribution in [3.63, 3.8) is 0 Å². The van der Waals surface area contributed by atoms with Gasteiger partial charge in [0.1, 0.15) is 5.75 Å². The van der Waals surface area contributed by atoms with E-state index in [2.05, 4.69) is 0 Å². The van der Waals surface area contributed by atoms with E-state index in [1.54, 1.807) is 12.1 Å². The Bertz CT molecular complexity index is 646. The Hall–Kier alpha value is -2.36. The summed E-state index contributed by atoms with van der Waals surface area (Å²) < 4.78 is 5.26. The van der Waals surface area contributed by atoms with Gasteiger partial charge in [0, 0.05) is 17.4 Å². The van der Waals surface area contributed by atoms with Crippen LogP contribution in [0.15, 0.2) is 36.4 Å². The van der Waals surface area contributed by atoms with Crippen molar-refractivity contribution in [1.82, 2.24) is 0 Å². The Labute approximate surface area is 117 Å². The first-order valence-electron chi connectivity index (χ1n) is 6.53. The lowest BCUT2D eigenvalue weighted by Crippen LogP contribution is -2.10. The molecular weight excluding hydrogens is 256 g/mol. The van der Waals surface area contributed by atoms with Crippen molar-refractivity contribution in [2.24, 2.45) is 0 Å². The van der Waals surface area contributed by atoms with E-state index in [1.807, 2.05) is 31.2 Å². The maximum atomic E-state index is 12.1. The van der Waals surface area contributed by atoms with Crippen molar-refractivity contribution in [3.05, 3.63) is 42.0 Å². The number of fused-ring (bicyclic) bond motifs is 1. The summed E-state index contributed by atoms with van der Waals surface area (Å²) >= 11 is 0. The summed E-state index contributed by atoms with van der Waals surface area (Å²) in [6.45, 7) is 1.57. The highest BCUT2D eigenvalue weighted by Gasteiger charge is 2.12. The molecule has 2 aromatic rings. The van der Waals surface area contributed by atoms with Gasteiger partial charge in [0.15, 0.2) is 12.4 Å². The molecule has 2 aromatic carbocycles. The fourth-order valence-corrected chi connectivity index (χ4v) is 2.14. The number of hydrogen-bond acceptors (Lipinski definition) is 3. The second-order valence-electron chi connectivity index (χ2n) is 4.51. The number of carbonyl (C=O) groups is 2. The lowest BCUT2D eigenvalue weighted by molar-refractivity contribution is -0.139. The van der Waals surface area contributed by atoms with Crippen LogP contribution in [0.5, 0.6) is 5.75 Å². The number of benzene rings is 2. The van der Waals surface area contributed by atoms with Gasteiger partial charge >= 0.3 is 5.97 Å². The minimum Gasteiger partial charge on any atom is -0.481 e. The number of aliphatic carboxylic acids is 1. The van der Waals surface area contributed by atoms with E-state index in [0.717, 1.165) is 17.2 Å². The molecule has 0 bridgehead atoms. The first-order chi connectivity index (χ1) is 9.63. The number of ether oxygens (including phenoxy) is 1. The average molecular weight is 272 g/mol. The number of Topliss-reactive ketones (excluding diaryl/α,β-unsaturated/α-hetero) is 1. The maximum absolute atomic E-state index is 12.1. The second kappa shape index (κ2) is 6.19. The summed E-state index contributed by atoms with van der Waals surface area (Å²) in [4.78, 5) is 22.7. The third kappa shape index (κ3) is 2.96. The zero-order chi connectivity index (χ0) is 14.5. The maximum Gasteiger partial charge on any atom is 0.341 e. The number of carbonyl (C=O) groups excluding carboxylic acids is 1. The Balaban J connectivity index is 2.46. The highest BCUT2D eigenvalue weighted by atomic mass is 16.5. The van der Waals surface area contributed by atoms with Gasteiger partial charge in [0.2, 0.25) is 0 Å². The molecule has 20 heavy (non-hydrogen) atoms. The van der Waals surface area contributed by atoms with Crippen LogP contribution in [0.3, 0.4) is 0 Å². The van der Waals surface area contributed by atoms with Gasteiger partial charge in [-0.05, 0) is 23.9 Å². The van der Waals surface area contributed by atoms with Crippen LogP contribution in [0, 0.1) is 0 Å². The first-order valence-corrected chi connectivity index (χ1v) is 6.53. The van der Waals surface area contributed by atoms with E-state index >= 15 is 0 Å². The molecule has 0 saturated heterocycles. The molecule has 0 radical (unpaired) electrons. The molecule has 4 nitrogen and oxygen atoms in total. The van der Waals surface area contributed by atoms with Crippen molar-refractivity contribution in [3.8, 4) is 5.75 Å². The van der Waals surface area contributed by atoms with E-state index in [1.165, 1.54) is 0 Å². The number of carboxylic acids is 1. The molecule has 104 valence electrons. The van der Waals surface area contributed by atoms with Gasteiger partial charge in [0.25, 0.3) is 0 Å². The van der Waals surface area contributed by atoms with Crippen LogP contribution in [0.4, 0.5) is 0 Å². The minimum atomic E-state index is -1.03. The Kier molecular flexibility index (Phi) is 4.35. The van der Waals surface area contributed by atoms with E-state index < -0.39 is 12.6 Å². The Morgan fingerprint density at radius 1 is 1.10 bits per heavy atom. The fourth-order valence-electron chi connectivity index (χ4n) is 2.14. The quantitative estimate of drug-likeness (QED) is 0.819. The third-order valence-electron chi connectivity index (χ3n) is 3.01. The van der Waals surface area contributed by atoms with E-state index in [-0.39, 0.29) is 5.78 Å². The number of carboxylic acid groups (broad SMARTS) is 1. The van der Waals surface area contributed by atoms with Crippen LogP contribution >= 0.6 is 0 Å². The summed E-state index contributed by atoms with van der Waals surface area (Å²) in [5.74, 6) is -0.454. The van der Waals surface area contributed by atoms with Crippen LogP contribution in [-0.4, -0.2) is 23.5 Å². The van der Waals surface area contributed by atoms with Crippen molar-refractivity contribution < 1.29 is 19.4 Å². The smallest absolute Gasteiger partial charge is 0.341 e. The molecule has 2 rings (SSSR count). The molecular formula is C16H16O4. The standard InChI is InChI=1S/C16H16O4/c1-2-5-14(17)12-8-9-15(20-10-16(18)19)13-7-4-3-6-11(12)13/h3-4,6-9H,2,5,10H2,1H3,(H,18,19). The van der Waals surface area contributed by atoms with Crippen LogP contribution in [0.2, 0.25) is 0 Å². The molecule has 0 spiro atoms. The summed E-state index contributed by atoms with van der Waals surface area (Å²) in [5.41, 5.74) is 0.658. The molecule has 0 aliphatic rings. The van der Waals surface area contributed by atoms with E-state index in [9.17, 15) is 9.59 Å². The summed E-state index contributed by atoms with van der Waals surface area (Å²) in [5, 5.41) is 10.2. The molecule has 0 saturated carbocycles. The van der Waals surface area contributed by atoms with Crippen molar-refractivity contribution in [2.45, 2.75) is 19.8 Å². The first kappa shape index (κ1) is 14.1. The number of ketones is 1. The van der Waals surface area contributed by atoms with Gasteiger partial charge in [-0.2, -0.15) is 0 Å². The molecule has 0 amide bonds. The molecule has 1 N–H and O–H groups in total. The Morgan fingerprint density at radius 2 is 1.80 bits per heavy atom. The van der Waals surface area contributed by atoms with Gasteiger partial charge in [0.05, 0.1) is 0 Å². The largest absolute Gasteiger partial charge is 0.481 e. The average Bonchev–Trinajstić information content (AvgIpc) is 2.44. The van der Waals surface area contributed by atoms with Crippen LogP contribution in [0.25, 0.3) is 10.8 Å². The second-order valence-corrected chi connectivity index (χ2v) is 4.51. The summed E-state index contributed by atoms with van der Waals surface area (Å²) in [6.07, 6.45) is 1.30. The van der Waals surface area contributed by atoms with Gasteiger partial charge in [-0.15, -0.1) is 0 Å². The summed E-state index contributed by atoms with van der Waals surface area (Å²) in [6, 6.07) is 10.7. The zero-order valence-electron chi connectivity index (χ0n) is 11.3. The molecule has 0 aromatic heterocycles. The third-order valence-corrected chi connectivity index (χ3v) is 3.01. The molecule has 0 atom stereocenters. The SMILES string of the molecule is CCCC(=O)c1ccc(OCC(=O)O)c2ccccc12. The topological polar surface area (TPSA) is 63.6 Å². The molecule has 0 unspecified atom stereocenters. The van der Waals surface area contributed by atoms with E-state index in [4.69, 9.17) is 9.84 Å². The van der Waals surface area contributed by atoms with Gasteiger partial charge in [-0.3, -0.25) is 4.79 Å². The Morgan fingerprint density at radius 3 is 2.45 bits per heavy atom. The highest BCUT2D eigenvalue weighted by Crippen LogP contribution is 2.29. The van der Waals surface area contributed by atoms with Crippen molar-refractivity contribution >= 4 is 22.5 Å². The van der Waals surface area contributed by atoms with Gasteiger partial charge in [-0.25, -0.2) is 4.79 Å². The monoisotopic (exact) mass is 272 g/mol. The predicted molar refractivity (Wildman–Crippen MR) is 76.3 cm³/mol. The zero-order valence-corrected chi connectivity index (χ0v) is 11.3. The van der Waals surface area contributed by atoms with Crippen molar-refractivity contribution in [1.29, 1.82) is 0 Å². The molecule has 4 heteroatoms. The normalized spacial score (nSPS) is 10.4. The predicted octanol–water partition coefficient (Wildman–Crippen LogP) is 3.29. The van der Waals surface area contributed by atoms with Crippen LogP contribution in [0.1, 0.15) is 30.1 Å². The minimum absolute atomic E-state index is 0.0912. The highest BCUT2D eigenvalue weighted by molar-refractivity contribution is 6.09. The number of rotatable bonds is 6. The van der Waals surface area contributed by atoms with E-state index in [0.29, 0.717) is 17.7 Å². The number of hydrogen-bond donors (Lipinski definition) is 1. The molecule has 0 fully saturated rings. The lowest BCUT2D eigenvalue weighted by atomic mass is 9.98. The fraction of sp³-hybridized carbons (Fsp3) is 0.250. The van der Waals surface area contributed by atoms with Crippen LogP contribution in [-0.2, 0) is 4.79 Å². The molecule has 0 aliphatic carbocycles. The lowest BCUT2D eigenvalue weighted by Gasteiger charge is -2.10. The molecule has 0 heterocycles. The van der Waals surface area contributed by atoms with Gasteiger partial charge in [-0.1, -0.05) is 31.2 Å². The molecule has 0 aliphatic heterocycles. The van der Waals surface area contributed by atoms with Gasteiger partial charge < -0.3 is 9.84 Å².